The molecule has 6 nitrogen and oxygen atoms in total. The van der Waals surface area contributed by atoms with Gasteiger partial charge in [-0.1, -0.05) is 0 Å². The first-order chi connectivity index (χ1) is 8.94. The molecule has 2 N–H and O–H groups in total. The van der Waals surface area contributed by atoms with Gasteiger partial charge in [0.1, 0.15) is 11.6 Å². The van der Waals surface area contributed by atoms with Crippen molar-refractivity contribution >= 4 is 15.8 Å². The summed E-state index contributed by atoms with van der Waals surface area (Å²) in [6.07, 6.45) is 1.48. The molecular weight excluding hydrogens is 266 g/mol. The molecule has 1 heterocycles. The summed E-state index contributed by atoms with van der Waals surface area (Å²) in [5, 5.41) is 6.26. The highest BCUT2D eigenvalue weighted by molar-refractivity contribution is 7.92. The third-order valence-corrected chi connectivity index (χ3v) is 4.35. The Balaban J connectivity index is 2.46. The van der Waals surface area contributed by atoms with Crippen LogP contribution in [0.3, 0.4) is 0 Å². The third kappa shape index (κ3) is 2.70. The number of aromatic nitrogens is 2. The molecule has 102 valence electrons. The molecule has 19 heavy (non-hydrogen) atoms. The van der Waals surface area contributed by atoms with Gasteiger partial charge in [-0.05, 0) is 37.1 Å². The highest BCUT2D eigenvalue weighted by Gasteiger charge is 2.21. The molecule has 0 fully saturated rings. The number of sulfonamides is 1. The maximum absolute atomic E-state index is 12.3. The van der Waals surface area contributed by atoms with Gasteiger partial charge in [-0.25, -0.2) is 8.42 Å². The lowest BCUT2D eigenvalue weighted by molar-refractivity contribution is 0.413. The normalized spacial score (nSPS) is 11.3. The van der Waals surface area contributed by atoms with Crippen LogP contribution in [0.4, 0.5) is 5.82 Å². The predicted octanol–water partition coefficient (Wildman–Crippen LogP) is 1.84. The zero-order valence-corrected chi connectivity index (χ0v) is 11.7. The molecule has 0 bridgehead atoms. The first-order valence-corrected chi connectivity index (χ1v) is 7.10. The Labute approximate surface area is 111 Å². The van der Waals surface area contributed by atoms with Crippen molar-refractivity contribution in [1.82, 2.24) is 10.2 Å². The SMILES string of the molecule is COc1cc(C)c(S(=O)(=O)Nc2ccn[nH]2)c(C)c1. The van der Waals surface area contributed by atoms with E-state index in [2.05, 4.69) is 14.9 Å². The number of H-pyrrole nitrogens is 1. The number of anilines is 1. The summed E-state index contributed by atoms with van der Waals surface area (Å²) < 4.78 is 32.2. The van der Waals surface area contributed by atoms with E-state index in [-0.39, 0.29) is 4.90 Å². The van der Waals surface area contributed by atoms with Gasteiger partial charge in [0, 0.05) is 6.07 Å². The largest absolute Gasteiger partial charge is 0.497 e. The van der Waals surface area contributed by atoms with Crippen molar-refractivity contribution in [2.75, 3.05) is 11.8 Å². The van der Waals surface area contributed by atoms with Crippen molar-refractivity contribution < 1.29 is 13.2 Å². The number of aryl methyl sites for hydroxylation is 2. The van der Waals surface area contributed by atoms with Crippen LogP contribution >= 0.6 is 0 Å². The van der Waals surface area contributed by atoms with Gasteiger partial charge in [0.05, 0.1) is 18.2 Å². The van der Waals surface area contributed by atoms with Crippen molar-refractivity contribution in [2.24, 2.45) is 0 Å². The second-order valence-electron chi connectivity index (χ2n) is 4.17. The van der Waals surface area contributed by atoms with Crippen molar-refractivity contribution in [3.8, 4) is 5.75 Å². The maximum atomic E-state index is 12.3. The van der Waals surface area contributed by atoms with Crippen LogP contribution in [0, 0.1) is 13.8 Å². The molecule has 2 aromatic rings. The fourth-order valence-electron chi connectivity index (χ4n) is 1.96. The maximum Gasteiger partial charge on any atom is 0.263 e. The van der Waals surface area contributed by atoms with Crippen molar-refractivity contribution in [1.29, 1.82) is 0 Å². The second-order valence-corrected chi connectivity index (χ2v) is 5.79. The third-order valence-electron chi connectivity index (χ3n) is 2.68. The van der Waals surface area contributed by atoms with Crippen LogP contribution in [0.2, 0.25) is 0 Å². The zero-order valence-electron chi connectivity index (χ0n) is 10.9. The van der Waals surface area contributed by atoms with Crippen LogP contribution in [0.5, 0.6) is 5.75 Å². The van der Waals surface area contributed by atoms with Gasteiger partial charge in [-0.2, -0.15) is 5.10 Å². The number of rotatable bonds is 4. The summed E-state index contributed by atoms with van der Waals surface area (Å²) in [5.74, 6) is 0.963. The van der Waals surface area contributed by atoms with Gasteiger partial charge >= 0.3 is 0 Å². The molecule has 7 heteroatoms. The predicted molar refractivity (Wildman–Crippen MR) is 71.9 cm³/mol. The summed E-state index contributed by atoms with van der Waals surface area (Å²) in [6, 6.07) is 4.93. The average molecular weight is 281 g/mol. The van der Waals surface area contributed by atoms with E-state index in [1.165, 1.54) is 6.20 Å². The number of hydrogen-bond acceptors (Lipinski definition) is 4. The first-order valence-electron chi connectivity index (χ1n) is 5.61. The fraction of sp³-hybridized carbons (Fsp3) is 0.250. The van der Waals surface area contributed by atoms with Crippen LogP contribution in [-0.4, -0.2) is 25.7 Å². The van der Waals surface area contributed by atoms with Gasteiger partial charge in [0.15, 0.2) is 0 Å². The lowest BCUT2D eigenvalue weighted by Gasteiger charge is -2.13. The number of methoxy groups -OCH3 is 1. The topological polar surface area (TPSA) is 84.1 Å². The Kier molecular flexibility index (Phi) is 3.48. The van der Waals surface area contributed by atoms with Crippen LogP contribution < -0.4 is 9.46 Å². The van der Waals surface area contributed by atoms with E-state index < -0.39 is 10.0 Å². The number of nitrogens with zero attached hydrogens (tertiary/aromatic N) is 1. The molecule has 0 saturated heterocycles. The lowest BCUT2D eigenvalue weighted by atomic mass is 10.1. The Hall–Kier alpha value is -2.02. The molecule has 2 rings (SSSR count). The molecule has 0 aliphatic carbocycles. The number of benzene rings is 1. The molecule has 0 aliphatic heterocycles. The van der Waals surface area contributed by atoms with Crippen LogP contribution in [0.1, 0.15) is 11.1 Å². The minimum absolute atomic E-state index is 0.253. The average Bonchev–Trinajstić information content (AvgIpc) is 2.79. The molecule has 0 unspecified atom stereocenters. The first kappa shape index (κ1) is 13.4. The Morgan fingerprint density at radius 2 is 1.89 bits per heavy atom. The Bertz CT molecular complexity index is 655. The van der Waals surface area contributed by atoms with E-state index in [0.717, 1.165) is 0 Å². The van der Waals surface area contributed by atoms with Gasteiger partial charge in [-0.3, -0.25) is 9.82 Å². The van der Waals surface area contributed by atoms with E-state index in [4.69, 9.17) is 4.74 Å². The minimum Gasteiger partial charge on any atom is -0.497 e. The molecule has 0 aliphatic rings. The number of ether oxygens (including phenoxy) is 1. The van der Waals surface area contributed by atoms with Gasteiger partial charge < -0.3 is 4.74 Å². The molecule has 1 aromatic carbocycles. The van der Waals surface area contributed by atoms with Gasteiger partial charge in [-0.15, -0.1) is 0 Å². The quantitative estimate of drug-likeness (QED) is 0.895. The molecule has 0 amide bonds. The lowest BCUT2D eigenvalue weighted by Crippen LogP contribution is -2.16. The van der Waals surface area contributed by atoms with Crippen molar-refractivity contribution in [3.63, 3.8) is 0 Å². The Morgan fingerprint density at radius 1 is 1.26 bits per heavy atom. The standard InChI is InChI=1S/C12H15N3O3S/c1-8-6-10(18-3)7-9(2)12(8)19(16,17)15-11-4-5-13-14-11/h4-7H,1-3H3,(H2,13,14,15). The molecule has 0 saturated carbocycles. The zero-order chi connectivity index (χ0) is 14.0. The number of hydrogen-bond donors (Lipinski definition) is 2. The van der Waals surface area contributed by atoms with Crippen molar-refractivity contribution in [3.05, 3.63) is 35.5 Å². The van der Waals surface area contributed by atoms with E-state index in [0.29, 0.717) is 22.7 Å². The van der Waals surface area contributed by atoms with Gasteiger partial charge in [0.2, 0.25) is 0 Å². The smallest absolute Gasteiger partial charge is 0.263 e. The summed E-state index contributed by atoms with van der Waals surface area (Å²) in [6.45, 7) is 3.47. The van der Waals surface area contributed by atoms with E-state index in [1.54, 1.807) is 39.2 Å². The molecular formula is C12H15N3O3S. The van der Waals surface area contributed by atoms with E-state index in [1.807, 2.05) is 0 Å². The highest BCUT2D eigenvalue weighted by atomic mass is 32.2. The van der Waals surface area contributed by atoms with Gasteiger partial charge in [0.25, 0.3) is 10.0 Å². The summed E-state index contributed by atoms with van der Waals surface area (Å²) in [7, 11) is -2.10. The molecule has 0 spiro atoms. The van der Waals surface area contributed by atoms with Crippen molar-refractivity contribution in [2.45, 2.75) is 18.7 Å². The van der Waals surface area contributed by atoms with E-state index >= 15 is 0 Å². The monoisotopic (exact) mass is 281 g/mol. The number of nitrogens with one attached hydrogen (secondary N) is 2. The summed E-state index contributed by atoms with van der Waals surface area (Å²) >= 11 is 0. The van der Waals surface area contributed by atoms with Crippen LogP contribution in [-0.2, 0) is 10.0 Å². The summed E-state index contributed by atoms with van der Waals surface area (Å²) in [4.78, 5) is 0.253. The molecule has 0 atom stereocenters. The molecule has 0 radical (unpaired) electrons. The van der Waals surface area contributed by atoms with Crippen LogP contribution in [0.25, 0.3) is 0 Å². The minimum atomic E-state index is -3.65. The molecule has 1 aromatic heterocycles. The van der Waals surface area contributed by atoms with E-state index in [9.17, 15) is 8.42 Å². The summed E-state index contributed by atoms with van der Waals surface area (Å²) in [5.41, 5.74) is 1.26. The second kappa shape index (κ2) is 4.93. The highest BCUT2D eigenvalue weighted by Crippen LogP contribution is 2.26. The van der Waals surface area contributed by atoms with Crippen LogP contribution in [0.15, 0.2) is 29.3 Å². The number of aromatic amines is 1. The fourth-order valence-corrected chi connectivity index (χ4v) is 3.43. The Morgan fingerprint density at radius 3 is 2.37 bits per heavy atom.